The van der Waals surface area contributed by atoms with Crippen LogP contribution in [0.15, 0.2) is 23.6 Å². The van der Waals surface area contributed by atoms with Crippen LogP contribution < -0.4 is 5.32 Å². The quantitative estimate of drug-likeness (QED) is 0.912. The number of anilines is 1. The fourth-order valence-electron chi connectivity index (χ4n) is 2.91. The zero-order valence-electron chi connectivity index (χ0n) is 13.4. The van der Waals surface area contributed by atoms with Crippen LogP contribution in [0.1, 0.15) is 19.8 Å². The van der Waals surface area contributed by atoms with Gasteiger partial charge in [0.2, 0.25) is 5.91 Å². The van der Waals surface area contributed by atoms with Crippen molar-refractivity contribution in [3.8, 4) is 11.3 Å². The monoisotopic (exact) mass is 351 g/mol. The minimum absolute atomic E-state index is 0.102. The van der Waals surface area contributed by atoms with Gasteiger partial charge in [-0.2, -0.15) is 0 Å². The summed E-state index contributed by atoms with van der Waals surface area (Å²) in [6, 6.07) is 3.64. The van der Waals surface area contributed by atoms with Crippen LogP contribution in [0.5, 0.6) is 0 Å². The average molecular weight is 351 g/mol. The SMILES string of the molecule is CC1CCCN(CC(=O)Nc2nc(-c3ccc(F)c(F)c3)cs2)C1. The summed E-state index contributed by atoms with van der Waals surface area (Å²) in [6.07, 6.45) is 2.33. The van der Waals surface area contributed by atoms with Crippen LogP contribution in [0.2, 0.25) is 0 Å². The van der Waals surface area contributed by atoms with Gasteiger partial charge >= 0.3 is 0 Å². The lowest BCUT2D eigenvalue weighted by atomic mass is 10.0. The number of likely N-dealkylation sites (tertiary alicyclic amines) is 1. The minimum Gasteiger partial charge on any atom is -0.301 e. The van der Waals surface area contributed by atoms with Crippen molar-refractivity contribution >= 4 is 22.4 Å². The highest BCUT2D eigenvalue weighted by atomic mass is 32.1. The number of rotatable bonds is 4. The number of thiazole rings is 1. The lowest BCUT2D eigenvalue weighted by molar-refractivity contribution is -0.117. The first-order chi connectivity index (χ1) is 11.5. The van der Waals surface area contributed by atoms with Crippen LogP contribution >= 0.6 is 11.3 Å². The molecule has 1 N–H and O–H groups in total. The highest BCUT2D eigenvalue weighted by molar-refractivity contribution is 7.14. The molecule has 1 unspecified atom stereocenters. The van der Waals surface area contributed by atoms with E-state index in [9.17, 15) is 13.6 Å². The van der Waals surface area contributed by atoms with E-state index in [0.29, 0.717) is 28.9 Å². The molecule has 1 saturated heterocycles. The minimum atomic E-state index is -0.912. The molecule has 1 atom stereocenters. The van der Waals surface area contributed by atoms with Crippen molar-refractivity contribution in [1.29, 1.82) is 0 Å². The van der Waals surface area contributed by atoms with Gasteiger partial charge in [0.25, 0.3) is 0 Å². The predicted molar refractivity (Wildman–Crippen MR) is 90.9 cm³/mol. The zero-order valence-corrected chi connectivity index (χ0v) is 14.2. The molecule has 3 rings (SSSR count). The largest absolute Gasteiger partial charge is 0.301 e. The summed E-state index contributed by atoms with van der Waals surface area (Å²) in [5.74, 6) is -1.29. The Hall–Kier alpha value is -1.86. The molecule has 0 aliphatic carbocycles. The average Bonchev–Trinajstić information content (AvgIpc) is 2.98. The van der Waals surface area contributed by atoms with Crippen LogP contribution in [0, 0.1) is 17.6 Å². The number of benzene rings is 1. The second kappa shape index (κ2) is 7.36. The Bertz CT molecular complexity index is 734. The first kappa shape index (κ1) is 17.0. The second-order valence-electron chi connectivity index (χ2n) is 6.20. The lowest BCUT2D eigenvalue weighted by Crippen LogP contribution is -2.39. The van der Waals surface area contributed by atoms with E-state index in [1.807, 2.05) is 0 Å². The molecule has 0 saturated carbocycles. The summed E-state index contributed by atoms with van der Waals surface area (Å²) in [7, 11) is 0. The third-order valence-corrected chi connectivity index (χ3v) is 4.83. The van der Waals surface area contributed by atoms with E-state index in [0.717, 1.165) is 31.6 Å². The summed E-state index contributed by atoms with van der Waals surface area (Å²) < 4.78 is 26.3. The molecule has 7 heteroatoms. The van der Waals surface area contributed by atoms with E-state index in [2.05, 4.69) is 22.1 Å². The smallest absolute Gasteiger partial charge is 0.240 e. The van der Waals surface area contributed by atoms with Crippen molar-refractivity contribution < 1.29 is 13.6 Å². The number of hydrogen-bond donors (Lipinski definition) is 1. The molecule has 0 bridgehead atoms. The number of aromatic nitrogens is 1. The van der Waals surface area contributed by atoms with Crippen molar-refractivity contribution in [3.05, 3.63) is 35.2 Å². The number of carbonyl (C=O) groups excluding carboxylic acids is 1. The van der Waals surface area contributed by atoms with Gasteiger partial charge in [0.1, 0.15) is 0 Å². The van der Waals surface area contributed by atoms with Crippen LogP contribution in [-0.2, 0) is 4.79 Å². The summed E-state index contributed by atoms with van der Waals surface area (Å²) >= 11 is 1.27. The van der Waals surface area contributed by atoms with Crippen molar-refractivity contribution in [2.24, 2.45) is 5.92 Å². The number of carbonyl (C=O) groups is 1. The van der Waals surface area contributed by atoms with Gasteiger partial charge in [-0.15, -0.1) is 11.3 Å². The summed E-state index contributed by atoms with van der Waals surface area (Å²) in [4.78, 5) is 18.6. The molecule has 1 aromatic heterocycles. The number of hydrogen-bond acceptors (Lipinski definition) is 4. The molecular weight excluding hydrogens is 332 g/mol. The van der Waals surface area contributed by atoms with E-state index in [1.54, 1.807) is 5.38 Å². The van der Waals surface area contributed by atoms with Crippen LogP contribution in [0.25, 0.3) is 11.3 Å². The normalized spacial score (nSPS) is 18.5. The molecule has 4 nitrogen and oxygen atoms in total. The molecule has 24 heavy (non-hydrogen) atoms. The molecule has 1 aliphatic heterocycles. The van der Waals surface area contributed by atoms with E-state index in [4.69, 9.17) is 0 Å². The van der Waals surface area contributed by atoms with Gasteiger partial charge in [-0.1, -0.05) is 6.92 Å². The Kier molecular flexibility index (Phi) is 5.20. The summed E-state index contributed by atoms with van der Waals surface area (Å²) in [5, 5.41) is 4.96. The number of halogens is 2. The maximum atomic E-state index is 13.3. The molecule has 2 heterocycles. The zero-order chi connectivity index (χ0) is 17.1. The fraction of sp³-hybridized carbons (Fsp3) is 0.412. The van der Waals surface area contributed by atoms with Gasteiger partial charge in [-0.05, 0) is 43.5 Å². The molecule has 0 spiro atoms. The second-order valence-corrected chi connectivity index (χ2v) is 7.06. The Morgan fingerprint density at radius 2 is 2.25 bits per heavy atom. The Balaban J connectivity index is 1.61. The van der Waals surface area contributed by atoms with Gasteiger partial charge < -0.3 is 5.32 Å². The van der Waals surface area contributed by atoms with Crippen molar-refractivity contribution in [2.45, 2.75) is 19.8 Å². The fourth-order valence-corrected chi connectivity index (χ4v) is 3.65. The van der Waals surface area contributed by atoms with Crippen LogP contribution in [0.3, 0.4) is 0 Å². The van der Waals surface area contributed by atoms with E-state index < -0.39 is 11.6 Å². The van der Waals surface area contributed by atoms with E-state index >= 15 is 0 Å². The van der Waals surface area contributed by atoms with Crippen LogP contribution in [0.4, 0.5) is 13.9 Å². The van der Waals surface area contributed by atoms with Gasteiger partial charge in [0, 0.05) is 17.5 Å². The molecule has 1 aromatic carbocycles. The molecule has 2 aromatic rings. The number of nitrogens with zero attached hydrogens (tertiary/aromatic N) is 2. The van der Waals surface area contributed by atoms with E-state index in [1.165, 1.54) is 23.8 Å². The van der Waals surface area contributed by atoms with Crippen molar-refractivity contribution in [2.75, 3.05) is 25.0 Å². The molecule has 1 amide bonds. The summed E-state index contributed by atoms with van der Waals surface area (Å²) in [5.41, 5.74) is 0.997. The number of piperidine rings is 1. The maximum absolute atomic E-state index is 13.3. The number of nitrogens with one attached hydrogen (secondary N) is 1. The number of amides is 1. The van der Waals surface area contributed by atoms with Gasteiger partial charge in [-0.3, -0.25) is 9.69 Å². The lowest BCUT2D eigenvalue weighted by Gasteiger charge is -2.29. The topological polar surface area (TPSA) is 45.2 Å². The molecule has 128 valence electrons. The maximum Gasteiger partial charge on any atom is 0.240 e. The molecule has 1 fully saturated rings. The van der Waals surface area contributed by atoms with Crippen LogP contribution in [-0.4, -0.2) is 35.4 Å². The molecule has 1 aliphatic rings. The van der Waals surface area contributed by atoms with Crippen molar-refractivity contribution in [3.63, 3.8) is 0 Å². The molecule has 0 radical (unpaired) electrons. The Morgan fingerprint density at radius 3 is 3.00 bits per heavy atom. The van der Waals surface area contributed by atoms with Gasteiger partial charge in [0.05, 0.1) is 12.2 Å². The van der Waals surface area contributed by atoms with Crippen molar-refractivity contribution in [1.82, 2.24) is 9.88 Å². The first-order valence-electron chi connectivity index (χ1n) is 7.94. The van der Waals surface area contributed by atoms with Gasteiger partial charge in [-0.25, -0.2) is 13.8 Å². The summed E-state index contributed by atoms with van der Waals surface area (Å²) in [6.45, 7) is 4.42. The predicted octanol–water partition coefficient (Wildman–Crippen LogP) is 3.76. The first-order valence-corrected chi connectivity index (χ1v) is 8.82. The Labute approximate surface area is 143 Å². The third kappa shape index (κ3) is 4.15. The standard InChI is InChI=1S/C17H19F2N3OS/c1-11-3-2-6-22(8-11)9-16(23)21-17-20-15(10-24-17)12-4-5-13(18)14(19)7-12/h4-5,7,10-11H,2-3,6,8-9H2,1H3,(H,20,21,23). The Morgan fingerprint density at radius 1 is 1.42 bits per heavy atom. The highest BCUT2D eigenvalue weighted by Crippen LogP contribution is 2.26. The highest BCUT2D eigenvalue weighted by Gasteiger charge is 2.19. The van der Waals surface area contributed by atoms with E-state index in [-0.39, 0.29) is 5.91 Å². The molecular formula is C17H19F2N3OS. The van der Waals surface area contributed by atoms with Gasteiger partial charge in [0.15, 0.2) is 16.8 Å². The third-order valence-electron chi connectivity index (χ3n) is 4.07.